The first kappa shape index (κ1) is 10.9. The molecule has 2 aromatic carbocycles. The fourth-order valence-electron chi connectivity index (χ4n) is 1.94. The standard InChI is InChI=1S/C15H17N/c1-15(16,14-10-6-3-7-11-14)12-13-8-4-2-5-9-13/h2-11H,12,16H2,1H3/t15-/m0/s1. The van der Waals surface area contributed by atoms with Crippen molar-refractivity contribution in [1.29, 1.82) is 0 Å². The molecule has 2 N–H and O–H groups in total. The molecule has 0 saturated carbocycles. The van der Waals surface area contributed by atoms with E-state index in [0.717, 1.165) is 6.42 Å². The largest absolute Gasteiger partial charge is 0.321 e. The minimum Gasteiger partial charge on any atom is -0.321 e. The second-order valence-electron chi connectivity index (χ2n) is 4.45. The van der Waals surface area contributed by atoms with Gasteiger partial charge in [0.1, 0.15) is 0 Å². The van der Waals surface area contributed by atoms with Crippen LogP contribution in [0.2, 0.25) is 0 Å². The van der Waals surface area contributed by atoms with Crippen molar-refractivity contribution in [1.82, 2.24) is 0 Å². The van der Waals surface area contributed by atoms with Gasteiger partial charge in [0.15, 0.2) is 0 Å². The van der Waals surface area contributed by atoms with Gasteiger partial charge in [0.25, 0.3) is 0 Å². The van der Waals surface area contributed by atoms with Crippen LogP contribution in [0.25, 0.3) is 0 Å². The van der Waals surface area contributed by atoms with Crippen LogP contribution >= 0.6 is 0 Å². The molecular formula is C15H17N. The highest BCUT2D eigenvalue weighted by Crippen LogP contribution is 2.22. The Balaban J connectivity index is 2.21. The molecule has 0 radical (unpaired) electrons. The van der Waals surface area contributed by atoms with Gasteiger partial charge >= 0.3 is 0 Å². The van der Waals surface area contributed by atoms with E-state index < -0.39 is 0 Å². The van der Waals surface area contributed by atoms with Gasteiger partial charge in [0, 0.05) is 5.54 Å². The highest BCUT2D eigenvalue weighted by atomic mass is 14.7. The summed E-state index contributed by atoms with van der Waals surface area (Å²) in [6, 6.07) is 20.6. The van der Waals surface area contributed by atoms with Gasteiger partial charge in [-0.1, -0.05) is 60.7 Å². The predicted molar refractivity (Wildman–Crippen MR) is 68.1 cm³/mol. The van der Waals surface area contributed by atoms with Crippen molar-refractivity contribution in [3.63, 3.8) is 0 Å². The number of rotatable bonds is 3. The number of nitrogens with two attached hydrogens (primary N) is 1. The van der Waals surface area contributed by atoms with E-state index in [9.17, 15) is 0 Å². The van der Waals surface area contributed by atoms with Gasteiger partial charge in [-0.05, 0) is 24.5 Å². The first-order chi connectivity index (χ1) is 7.68. The summed E-state index contributed by atoms with van der Waals surface area (Å²) in [6.45, 7) is 2.08. The molecule has 2 aromatic rings. The molecule has 2 rings (SSSR count). The molecule has 1 nitrogen and oxygen atoms in total. The maximum Gasteiger partial charge on any atom is 0.0421 e. The van der Waals surface area contributed by atoms with Crippen molar-refractivity contribution in [3.8, 4) is 0 Å². The number of hydrogen-bond donors (Lipinski definition) is 1. The van der Waals surface area contributed by atoms with Gasteiger partial charge in [-0.2, -0.15) is 0 Å². The van der Waals surface area contributed by atoms with E-state index in [4.69, 9.17) is 5.73 Å². The molecule has 1 atom stereocenters. The van der Waals surface area contributed by atoms with Crippen molar-refractivity contribution in [2.75, 3.05) is 0 Å². The maximum atomic E-state index is 6.37. The monoisotopic (exact) mass is 211 g/mol. The van der Waals surface area contributed by atoms with Crippen LogP contribution in [0.4, 0.5) is 0 Å². The summed E-state index contributed by atoms with van der Waals surface area (Å²) in [4.78, 5) is 0. The molecule has 0 aliphatic carbocycles. The molecule has 82 valence electrons. The van der Waals surface area contributed by atoms with Crippen molar-refractivity contribution in [2.45, 2.75) is 18.9 Å². The topological polar surface area (TPSA) is 26.0 Å². The SMILES string of the molecule is C[C@](N)(Cc1ccccc1)c1ccccc1. The number of benzene rings is 2. The Kier molecular flexibility index (Phi) is 3.07. The van der Waals surface area contributed by atoms with Crippen LogP contribution in [0.3, 0.4) is 0 Å². The van der Waals surface area contributed by atoms with Gasteiger partial charge < -0.3 is 5.73 Å². The average Bonchev–Trinajstić information content (AvgIpc) is 2.31. The highest BCUT2D eigenvalue weighted by Gasteiger charge is 2.20. The van der Waals surface area contributed by atoms with Crippen LogP contribution in [0.15, 0.2) is 60.7 Å². The Labute approximate surface area is 96.9 Å². The van der Waals surface area contributed by atoms with Gasteiger partial charge in [-0.25, -0.2) is 0 Å². The predicted octanol–water partition coefficient (Wildman–Crippen LogP) is 3.10. The van der Waals surface area contributed by atoms with Crippen LogP contribution in [0.5, 0.6) is 0 Å². The van der Waals surface area contributed by atoms with E-state index in [2.05, 4.69) is 43.3 Å². The maximum absolute atomic E-state index is 6.37. The first-order valence-corrected chi connectivity index (χ1v) is 5.57. The van der Waals surface area contributed by atoms with Crippen LogP contribution in [0.1, 0.15) is 18.1 Å². The van der Waals surface area contributed by atoms with E-state index in [1.165, 1.54) is 11.1 Å². The summed E-state index contributed by atoms with van der Waals surface area (Å²) in [5.74, 6) is 0. The number of hydrogen-bond acceptors (Lipinski definition) is 1. The molecule has 0 aromatic heterocycles. The van der Waals surface area contributed by atoms with E-state index >= 15 is 0 Å². The molecule has 0 aliphatic rings. The van der Waals surface area contributed by atoms with Crippen molar-refractivity contribution in [3.05, 3.63) is 71.8 Å². The van der Waals surface area contributed by atoms with Crippen LogP contribution < -0.4 is 5.73 Å². The average molecular weight is 211 g/mol. The Bertz CT molecular complexity index is 432. The summed E-state index contributed by atoms with van der Waals surface area (Å²) in [5, 5.41) is 0. The third-order valence-corrected chi connectivity index (χ3v) is 2.85. The molecule has 0 heterocycles. The lowest BCUT2D eigenvalue weighted by Crippen LogP contribution is -2.35. The third kappa shape index (κ3) is 2.50. The molecule has 1 heteroatoms. The van der Waals surface area contributed by atoms with Gasteiger partial charge in [0.05, 0.1) is 0 Å². The summed E-state index contributed by atoms with van der Waals surface area (Å²) in [5.41, 5.74) is 8.52. The second-order valence-corrected chi connectivity index (χ2v) is 4.45. The Morgan fingerprint density at radius 1 is 0.875 bits per heavy atom. The van der Waals surface area contributed by atoms with Crippen LogP contribution in [-0.2, 0) is 12.0 Å². The zero-order valence-electron chi connectivity index (χ0n) is 9.56. The van der Waals surface area contributed by atoms with Crippen LogP contribution in [0, 0.1) is 0 Å². The Morgan fingerprint density at radius 2 is 1.38 bits per heavy atom. The molecule has 0 saturated heterocycles. The summed E-state index contributed by atoms with van der Waals surface area (Å²) in [7, 11) is 0. The molecule has 0 unspecified atom stereocenters. The quantitative estimate of drug-likeness (QED) is 0.829. The first-order valence-electron chi connectivity index (χ1n) is 5.57. The van der Waals surface area contributed by atoms with E-state index in [-0.39, 0.29) is 5.54 Å². The lowest BCUT2D eigenvalue weighted by atomic mass is 9.87. The van der Waals surface area contributed by atoms with E-state index in [0.29, 0.717) is 0 Å². The molecule has 0 aliphatic heterocycles. The molecule has 0 amide bonds. The minimum absolute atomic E-state index is 0.303. The molecule has 16 heavy (non-hydrogen) atoms. The lowest BCUT2D eigenvalue weighted by Gasteiger charge is -2.25. The Hall–Kier alpha value is -1.60. The van der Waals surface area contributed by atoms with Crippen molar-refractivity contribution in [2.24, 2.45) is 5.73 Å². The minimum atomic E-state index is -0.303. The highest BCUT2D eigenvalue weighted by molar-refractivity contribution is 5.27. The smallest absolute Gasteiger partial charge is 0.0421 e. The zero-order chi connectivity index (χ0) is 11.4. The van der Waals surface area contributed by atoms with E-state index in [1.807, 2.05) is 24.3 Å². The fraction of sp³-hybridized carbons (Fsp3) is 0.200. The summed E-state index contributed by atoms with van der Waals surface area (Å²) in [6.07, 6.45) is 0.859. The third-order valence-electron chi connectivity index (χ3n) is 2.85. The Morgan fingerprint density at radius 3 is 1.94 bits per heavy atom. The molecule has 0 fully saturated rings. The molecule has 0 bridgehead atoms. The summed E-state index contributed by atoms with van der Waals surface area (Å²) < 4.78 is 0. The van der Waals surface area contributed by atoms with Gasteiger partial charge in [0.2, 0.25) is 0 Å². The lowest BCUT2D eigenvalue weighted by molar-refractivity contribution is 0.491. The van der Waals surface area contributed by atoms with Gasteiger partial charge in [-0.15, -0.1) is 0 Å². The normalized spacial score (nSPS) is 14.4. The van der Waals surface area contributed by atoms with Crippen LogP contribution in [-0.4, -0.2) is 0 Å². The van der Waals surface area contributed by atoms with Gasteiger partial charge in [-0.3, -0.25) is 0 Å². The van der Waals surface area contributed by atoms with Crippen molar-refractivity contribution >= 4 is 0 Å². The zero-order valence-corrected chi connectivity index (χ0v) is 9.56. The second kappa shape index (κ2) is 4.50. The molecule has 0 spiro atoms. The van der Waals surface area contributed by atoms with Crippen molar-refractivity contribution < 1.29 is 0 Å². The summed E-state index contributed by atoms with van der Waals surface area (Å²) >= 11 is 0. The molecular weight excluding hydrogens is 194 g/mol. The fourth-order valence-corrected chi connectivity index (χ4v) is 1.94. The van der Waals surface area contributed by atoms with E-state index in [1.54, 1.807) is 0 Å².